The summed E-state index contributed by atoms with van der Waals surface area (Å²) >= 11 is 0. The van der Waals surface area contributed by atoms with Gasteiger partial charge in [0.15, 0.2) is 5.96 Å². The Morgan fingerprint density at radius 3 is 2.61 bits per heavy atom. The summed E-state index contributed by atoms with van der Waals surface area (Å²) in [4.78, 5) is 7.03. The first-order chi connectivity index (χ1) is 8.61. The van der Waals surface area contributed by atoms with Gasteiger partial charge in [-0.3, -0.25) is 4.99 Å². The molecular weight excluding hydrogens is 226 g/mol. The summed E-state index contributed by atoms with van der Waals surface area (Å²) in [6.07, 6.45) is 6.24. The van der Waals surface area contributed by atoms with Crippen LogP contribution in [0.1, 0.15) is 46.0 Å². The molecule has 1 aliphatic carbocycles. The number of nitrogens with zero attached hydrogens (tertiary/aromatic N) is 2. The Morgan fingerprint density at radius 2 is 1.94 bits per heavy atom. The van der Waals surface area contributed by atoms with E-state index < -0.39 is 0 Å². The largest absolute Gasteiger partial charge is 0.381 e. The highest BCUT2D eigenvalue weighted by atomic mass is 16.5. The number of ether oxygens (including phenoxy) is 1. The third-order valence-electron chi connectivity index (χ3n) is 5.41. The van der Waals surface area contributed by atoms with E-state index in [4.69, 9.17) is 10.5 Å². The predicted octanol–water partition coefficient (Wildman–Crippen LogP) is 1.74. The van der Waals surface area contributed by atoms with Crippen LogP contribution in [0.2, 0.25) is 0 Å². The van der Waals surface area contributed by atoms with Crippen LogP contribution in [0.4, 0.5) is 0 Å². The van der Waals surface area contributed by atoms with Crippen molar-refractivity contribution in [3.63, 3.8) is 0 Å². The number of guanidine groups is 1. The highest BCUT2D eigenvalue weighted by Crippen LogP contribution is 2.57. The van der Waals surface area contributed by atoms with Crippen LogP contribution in [-0.2, 0) is 4.74 Å². The van der Waals surface area contributed by atoms with Crippen molar-refractivity contribution in [1.29, 1.82) is 0 Å². The first kappa shape index (κ1) is 12.3. The molecule has 0 aromatic heterocycles. The summed E-state index contributed by atoms with van der Waals surface area (Å²) in [5, 5.41) is 0. The fourth-order valence-electron chi connectivity index (χ4n) is 4.66. The average Bonchev–Trinajstić information content (AvgIpc) is 2.85. The molecule has 0 bridgehead atoms. The van der Waals surface area contributed by atoms with Gasteiger partial charge in [-0.2, -0.15) is 0 Å². The summed E-state index contributed by atoms with van der Waals surface area (Å²) in [6, 6.07) is 0.439. The van der Waals surface area contributed by atoms with Gasteiger partial charge in [0.1, 0.15) is 0 Å². The lowest BCUT2D eigenvalue weighted by atomic mass is 9.66. The topological polar surface area (TPSA) is 50.8 Å². The third-order valence-corrected chi connectivity index (χ3v) is 5.41. The number of fused-ring (bicyclic) bond motifs is 1. The van der Waals surface area contributed by atoms with E-state index in [0.717, 1.165) is 25.7 Å². The van der Waals surface area contributed by atoms with Crippen molar-refractivity contribution in [1.82, 2.24) is 4.90 Å². The van der Waals surface area contributed by atoms with E-state index in [-0.39, 0.29) is 5.54 Å². The van der Waals surface area contributed by atoms with Crippen molar-refractivity contribution in [2.24, 2.45) is 16.1 Å². The number of hydrogen-bond acceptors (Lipinski definition) is 4. The molecule has 2 N–H and O–H groups in total. The second-order valence-corrected chi connectivity index (χ2v) is 6.42. The molecule has 0 amide bonds. The summed E-state index contributed by atoms with van der Waals surface area (Å²) < 4.78 is 5.59. The highest BCUT2D eigenvalue weighted by molar-refractivity contribution is 5.81. The minimum Gasteiger partial charge on any atom is -0.381 e. The van der Waals surface area contributed by atoms with E-state index in [9.17, 15) is 0 Å². The van der Waals surface area contributed by atoms with Crippen molar-refractivity contribution in [2.75, 3.05) is 19.8 Å². The highest BCUT2D eigenvalue weighted by Gasteiger charge is 2.60. The molecule has 1 saturated carbocycles. The van der Waals surface area contributed by atoms with Crippen LogP contribution in [-0.4, -0.2) is 42.2 Å². The minimum atomic E-state index is 0.190. The lowest BCUT2D eigenvalue weighted by molar-refractivity contribution is -0.0549. The van der Waals surface area contributed by atoms with Crippen LogP contribution in [0.3, 0.4) is 0 Å². The third kappa shape index (κ3) is 1.44. The van der Waals surface area contributed by atoms with Gasteiger partial charge in [-0.15, -0.1) is 0 Å². The zero-order valence-corrected chi connectivity index (χ0v) is 11.6. The molecule has 2 spiro atoms. The molecule has 4 heteroatoms. The van der Waals surface area contributed by atoms with E-state index in [2.05, 4.69) is 23.7 Å². The molecule has 4 nitrogen and oxygen atoms in total. The molecule has 18 heavy (non-hydrogen) atoms. The maximum absolute atomic E-state index is 6.17. The van der Waals surface area contributed by atoms with Crippen LogP contribution >= 0.6 is 0 Å². The summed E-state index contributed by atoms with van der Waals surface area (Å²) in [6.45, 7) is 7.19. The van der Waals surface area contributed by atoms with Gasteiger partial charge in [-0.05, 0) is 44.9 Å². The van der Waals surface area contributed by atoms with Gasteiger partial charge in [0.05, 0.1) is 12.1 Å². The molecule has 0 radical (unpaired) electrons. The number of nitrogens with two attached hydrogens (primary N) is 1. The Morgan fingerprint density at radius 1 is 1.22 bits per heavy atom. The predicted molar refractivity (Wildman–Crippen MR) is 72.5 cm³/mol. The van der Waals surface area contributed by atoms with Gasteiger partial charge in [-0.1, -0.05) is 6.42 Å². The first-order valence-electron chi connectivity index (χ1n) is 7.28. The molecule has 3 aliphatic rings. The smallest absolute Gasteiger partial charge is 0.192 e. The molecule has 1 unspecified atom stereocenters. The van der Waals surface area contributed by atoms with Crippen LogP contribution in [0.25, 0.3) is 0 Å². The summed E-state index contributed by atoms with van der Waals surface area (Å²) in [7, 11) is 0. The second kappa shape index (κ2) is 4.12. The minimum absolute atomic E-state index is 0.190. The normalized spacial score (nSPS) is 34.8. The maximum atomic E-state index is 6.17. The van der Waals surface area contributed by atoms with E-state index in [1.165, 1.54) is 32.1 Å². The Bertz CT molecular complexity index is 360. The zero-order valence-electron chi connectivity index (χ0n) is 11.6. The van der Waals surface area contributed by atoms with Crippen LogP contribution in [0.5, 0.6) is 0 Å². The lowest BCUT2D eigenvalue weighted by Crippen LogP contribution is -2.62. The summed E-state index contributed by atoms with van der Waals surface area (Å²) in [5.41, 5.74) is 6.75. The second-order valence-electron chi connectivity index (χ2n) is 6.42. The first-order valence-corrected chi connectivity index (χ1v) is 7.28. The molecule has 1 saturated heterocycles. The van der Waals surface area contributed by atoms with E-state index >= 15 is 0 Å². The number of aliphatic imine (C=N–C) groups is 1. The lowest BCUT2D eigenvalue weighted by Gasteiger charge is -2.52. The van der Waals surface area contributed by atoms with Crippen molar-refractivity contribution < 1.29 is 4.74 Å². The van der Waals surface area contributed by atoms with Gasteiger partial charge in [0.2, 0.25) is 0 Å². The molecule has 102 valence electrons. The summed E-state index contributed by atoms with van der Waals surface area (Å²) in [5.74, 6) is 0.762. The van der Waals surface area contributed by atoms with E-state index in [1.807, 2.05) is 0 Å². The zero-order chi connectivity index (χ0) is 12.8. The van der Waals surface area contributed by atoms with Crippen molar-refractivity contribution >= 4 is 5.96 Å². The molecule has 2 heterocycles. The van der Waals surface area contributed by atoms with Crippen LogP contribution in [0, 0.1) is 5.41 Å². The molecule has 2 fully saturated rings. The van der Waals surface area contributed by atoms with Gasteiger partial charge >= 0.3 is 0 Å². The van der Waals surface area contributed by atoms with E-state index in [0.29, 0.717) is 11.5 Å². The van der Waals surface area contributed by atoms with E-state index in [1.54, 1.807) is 0 Å². The molecule has 0 aromatic rings. The Labute approximate surface area is 110 Å². The van der Waals surface area contributed by atoms with Crippen LogP contribution in [0.15, 0.2) is 4.99 Å². The maximum Gasteiger partial charge on any atom is 0.192 e. The van der Waals surface area contributed by atoms with Crippen molar-refractivity contribution in [2.45, 2.75) is 57.5 Å². The molecule has 2 aliphatic heterocycles. The SMILES string of the molecule is CC(C)N1C(N)=NCC12CCCC21CCOCC1. The van der Waals surface area contributed by atoms with Gasteiger partial charge in [0.25, 0.3) is 0 Å². The monoisotopic (exact) mass is 251 g/mol. The quantitative estimate of drug-likeness (QED) is 0.772. The standard InChI is InChI=1S/C14H25N3O/c1-11(2)17-12(15)16-10-14(17)5-3-4-13(14)6-8-18-9-7-13/h11H,3-10H2,1-2H3,(H2,15,16). The average molecular weight is 251 g/mol. The number of hydrogen-bond donors (Lipinski definition) is 1. The molecular formula is C14H25N3O. The fraction of sp³-hybridized carbons (Fsp3) is 0.929. The Balaban J connectivity index is 1.97. The van der Waals surface area contributed by atoms with Gasteiger partial charge in [-0.25, -0.2) is 0 Å². The fourth-order valence-corrected chi connectivity index (χ4v) is 4.66. The molecule has 1 atom stereocenters. The molecule has 0 aromatic carbocycles. The van der Waals surface area contributed by atoms with Crippen LogP contribution < -0.4 is 5.73 Å². The Kier molecular flexibility index (Phi) is 2.81. The van der Waals surface area contributed by atoms with Gasteiger partial charge in [0, 0.05) is 19.3 Å². The van der Waals surface area contributed by atoms with Crippen molar-refractivity contribution in [3.8, 4) is 0 Å². The van der Waals surface area contributed by atoms with Crippen molar-refractivity contribution in [3.05, 3.63) is 0 Å². The number of rotatable bonds is 1. The van der Waals surface area contributed by atoms with Gasteiger partial charge < -0.3 is 15.4 Å². The Hall–Kier alpha value is -0.770. The molecule has 3 rings (SSSR count).